The van der Waals surface area contributed by atoms with Gasteiger partial charge in [0.1, 0.15) is 6.61 Å². The summed E-state index contributed by atoms with van der Waals surface area (Å²) >= 11 is 5.97. The molecule has 22 heavy (non-hydrogen) atoms. The molecule has 3 N–H and O–H groups in total. The molecule has 8 nitrogen and oxygen atoms in total. The maximum absolute atomic E-state index is 11.9. The molecule has 2 aromatic heterocycles. The van der Waals surface area contributed by atoms with E-state index in [9.17, 15) is 4.79 Å². The number of nitrogens with one attached hydrogen (secondary N) is 2. The Morgan fingerprint density at radius 2 is 2.05 bits per heavy atom. The fraction of sp³-hybridized carbons (Fsp3) is 0.0769. The van der Waals surface area contributed by atoms with Crippen molar-refractivity contribution < 1.29 is 14.4 Å². The molecule has 0 saturated heterocycles. The number of anilines is 1. The lowest BCUT2D eigenvalue weighted by Gasteiger charge is -2.08. The molecular formula is C13H10ClN5O3. The summed E-state index contributed by atoms with van der Waals surface area (Å²) in [6.07, 6.45) is 0. The normalized spacial score (nSPS) is 10.6. The molecule has 0 fully saturated rings. The van der Waals surface area contributed by atoms with Crippen LogP contribution in [0.2, 0.25) is 5.15 Å². The van der Waals surface area contributed by atoms with Crippen molar-refractivity contribution in [2.45, 2.75) is 6.61 Å². The molecule has 0 bridgehead atoms. The average Bonchev–Trinajstić information content (AvgIpc) is 3.03. The highest BCUT2D eigenvalue weighted by Crippen LogP contribution is 2.24. The monoisotopic (exact) mass is 319 g/mol. The molecule has 0 aliphatic carbocycles. The molecule has 9 heteroatoms. The standard InChI is InChI=1S/C13H10ClN5O3/c14-11-8-3-1-2-4-9(8)12(16-15-11)17-18-13(21)10-5-7(6-20)22-19-10/h1-5,20H,6H2,(H,16,17)(H,18,21). The number of fused-ring (bicyclic) bond motifs is 1. The molecule has 0 unspecified atom stereocenters. The Morgan fingerprint density at radius 3 is 2.77 bits per heavy atom. The van der Waals surface area contributed by atoms with Gasteiger partial charge in [-0.2, -0.15) is 0 Å². The summed E-state index contributed by atoms with van der Waals surface area (Å²) in [4.78, 5) is 11.9. The van der Waals surface area contributed by atoms with Crippen LogP contribution in [0.4, 0.5) is 5.82 Å². The molecule has 3 aromatic rings. The zero-order chi connectivity index (χ0) is 15.5. The van der Waals surface area contributed by atoms with Crippen LogP contribution in [-0.2, 0) is 6.61 Å². The largest absolute Gasteiger partial charge is 0.388 e. The molecule has 1 amide bonds. The van der Waals surface area contributed by atoms with E-state index >= 15 is 0 Å². The number of amides is 1. The number of halogens is 1. The van der Waals surface area contributed by atoms with Crippen molar-refractivity contribution in [3.05, 3.63) is 46.9 Å². The van der Waals surface area contributed by atoms with Crippen molar-refractivity contribution in [3.63, 3.8) is 0 Å². The Labute approximate surface area is 129 Å². The SMILES string of the molecule is O=C(NNc1nnc(Cl)c2ccccc12)c1cc(CO)on1. The van der Waals surface area contributed by atoms with E-state index in [1.165, 1.54) is 6.07 Å². The van der Waals surface area contributed by atoms with Gasteiger partial charge in [-0.1, -0.05) is 41.0 Å². The van der Waals surface area contributed by atoms with Gasteiger partial charge in [0.15, 0.2) is 22.4 Å². The molecular weight excluding hydrogens is 310 g/mol. The molecule has 112 valence electrons. The van der Waals surface area contributed by atoms with Crippen molar-refractivity contribution in [1.82, 2.24) is 20.8 Å². The fourth-order valence-electron chi connectivity index (χ4n) is 1.84. The van der Waals surface area contributed by atoms with E-state index in [4.69, 9.17) is 21.2 Å². The van der Waals surface area contributed by atoms with Gasteiger partial charge >= 0.3 is 0 Å². The minimum atomic E-state index is -0.538. The third-order valence-electron chi connectivity index (χ3n) is 2.88. The summed E-state index contributed by atoms with van der Waals surface area (Å²) in [7, 11) is 0. The molecule has 0 aliphatic heterocycles. The predicted octanol–water partition coefficient (Wildman–Crippen LogP) is 1.52. The number of benzene rings is 1. The van der Waals surface area contributed by atoms with Gasteiger partial charge in [-0.25, -0.2) is 0 Å². The number of rotatable bonds is 4. The van der Waals surface area contributed by atoms with Crippen LogP contribution < -0.4 is 10.9 Å². The van der Waals surface area contributed by atoms with Gasteiger partial charge in [0, 0.05) is 16.8 Å². The Kier molecular flexibility index (Phi) is 3.86. The molecule has 0 spiro atoms. The van der Waals surface area contributed by atoms with E-state index in [0.717, 1.165) is 0 Å². The van der Waals surface area contributed by atoms with E-state index in [1.54, 1.807) is 12.1 Å². The second-order valence-corrected chi connectivity index (χ2v) is 4.66. The van der Waals surface area contributed by atoms with Gasteiger partial charge in [0.2, 0.25) is 0 Å². The lowest BCUT2D eigenvalue weighted by atomic mass is 10.2. The Hall–Kier alpha value is -2.71. The number of aliphatic hydroxyl groups excluding tert-OH is 1. The van der Waals surface area contributed by atoms with Crippen molar-refractivity contribution in [3.8, 4) is 0 Å². The first-order valence-corrected chi connectivity index (χ1v) is 6.60. The van der Waals surface area contributed by atoms with E-state index in [2.05, 4.69) is 26.2 Å². The third kappa shape index (κ3) is 2.69. The van der Waals surface area contributed by atoms with Crippen LogP contribution in [0, 0.1) is 0 Å². The van der Waals surface area contributed by atoms with Gasteiger partial charge in [-0.05, 0) is 0 Å². The van der Waals surface area contributed by atoms with E-state index < -0.39 is 5.91 Å². The van der Waals surface area contributed by atoms with Crippen molar-refractivity contribution >= 4 is 34.1 Å². The summed E-state index contributed by atoms with van der Waals surface area (Å²) in [6.45, 7) is -0.332. The number of carbonyl (C=O) groups is 1. The van der Waals surface area contributed by atoms with Crippen LogP contribution >= 0.6 is 11.6 Å². The van der Waals surface area contributed by atoms with Crippen LogP contribution in [0.25, 0.3) is 10.8 Å². The first-order valence-electron chi connectivity index (χ1n) is 6.23. The third-order valence-corrected chi connectivity index (χ3v) is 3.16. The van der Waals surface area contributed by atoms with Crippen LogP contribution in [0.15, 0.2) is 34.9 Å². The van der Waals surface area contributed by atoms with Crippen LogP contribution in [0.3, 0.4) is 0 Å². The molecule has 0 atom stereocenters. The fourth-order valence-corrected chi connectivity index (χ4v) is 2.04. The summed E-state index contributed by atoms with van der Waals surface area (Å²) < 4.78 is 4.74. The summed E-state index contributed by atoms with van der Waals surface area (Å²) in [5.41, 5.74) is 5.12. The number of aromatic nitrogens is 3. The van der Waals surface area contributed by atoms with Crippen molar-refractivity contribution in [1.29, 1.82) is 0 Å². The van der Waals surface area contributed by atoms with Crippen molar-refractivity contribution in [2.75, 3.05) is 5.43 Å². The summed E-state index contributed by atoms with van der Waals surface area (Å²) in [6, 6.07) is 8.57. The Balaban J connectivity index is 1.79. The van der Waals surface area contributed by atoms with Gasteiger partial charge in [-0.3, -0.25) is 15.6 Å². The van der Waals surface area contributed by atoms with Crippen LogP contribution in [0.1, 0.15) is 16.2 Å². The van der Waals surface area contributed by atoms with Crippen LogP contribution in [0.5, 0.6) is 0 Å². The number of hydrogen-bond acceptors (Lipinski definition) is 7. The minimum Gasteiger partial charge on any atom is -0.388 e. The summed E-state index contributed by atoms with van der Waals surface area (Å²) in [5, 5.41) is 21.8. The second kappa shape index (κ2) is 5.96. The van der Waals surface area contributed by atoms with E-state index in [-0.39, 0.29) is 23.2 Å². The zero-order valence-electron chi connectivity index (χ0n) is 11.1. The number of hydrogen-bond donors (Lipinski definition) is 3. The van der Waals surface area contributed by atoms with E-state index in [1.807, 2.05) is 12.1 Å². The first-order chi connectivity index (χ1) is 10.7. The zero-order valence-corrected chi connectivity index (χ0v) is 11.8. The Bertz CT molecular complexity index is 835. The molecule has 0 saturated carbocycles. The number of aliphatic hydroxyl groups is 1. The topological polar surface area (TPSA) is 113 Å². The van der Waals surface area contributed by atoms with E-state index in [0.29, 0.717) is 16.6 Å². The van der Waals surface area contributed by atoms with Crippen molar-refractivity contribution in [2.24, 2.45) is 0 Å². The molecule has 2 heterocycles. The molecule has 1 aromatic carbocycles. The second-order valence-electron chi connectivity index (χ2n) is 4.30. The lowest BCUT2D eigenvalue weighted by molar-refractivity contribution is 0.0953. The molecule has 3 rings (SSSR count). The van der Waals surface area contributed by atoms with Gasteiger partial charge in [0.25, 0.3) is 5.91 Å². The van der Waals surface area contributed by atoms with Gasteiger partial charge < -0.3 is 9.63 Å². The maximum atomic E-state index is 11.9. The number of carbonyl (C=O) groups excluding carboxylic acids is 1. The average molecular weight is 320 g/mol. The predicted molar refractivity (Wildman–Crippen MR) is 78.1 cm³/mol. The maximum Gasteiger partial charge on any atom is 0.291 e. The minimum absolute atomic E-state index is 0.0304. The lowest BCUT2D eigenvalue weighted by Crippen LogP contribution is -2.30. The smallest absolute Gasteiger partial charge is 0.291 e. The highest BCUT2D eigenvalue weighted by molar-refractivity contribution is 6.34. The van der Waals surface area contributed by atoms with Gasteiger partial charge in [0.05, 0.1) is 0 Å². The highest BCUT2D eigenvalue weighted by atomic mass is 35.5. The highest BCUT2D eigenvalue weighted by Gasteiger charge is 2.13. The number of hydrazine groups is 1. The molecule has 0 aliphatic rings. The van der Waals surface area contributed by atoms with Crippen LogP contribution in [-0.4, -0.2) is 26.4 Å². The Morgan fingerprint density at radius 1 is 1.27 bits per heavy atom. The first kappa shape index (κ1) is 14.2. The molecule has 0 radical (unpaired) electrons. The van der Waals surface area contributed by atoms with Gasteiger partial charge in [-0.15, -0.1) is 10.2 Å². The summed E-state index contributed by atoms with van der Waals surface area (Å²) in [5.74, 6) is 0.00499. The number of nitrogens with zero attached hydrogens (tertiary/aromatic N) is 3. The quantitative estimate of drug-likeness (QED) is 0.625.